The second-order valence-electron chi connectivity index (χ2n) is 3.63. The quantitative estimate of drug-likeness (QED) is 0.867. The second kappa shape index (κ2) is 5.41. The maximum atomic E-state index is 10.7. The first-order valence-corrected chi connectivity index (χ1v) is 6.50. The molecule has 1 aromatic carbocycles. The Morgan fingerprint density at radius 2 is 2.06 bits per heavy atom. The summed E-state index contributed by atoms with van der Waals surface area (Å²) in [6.45, 7) is 0. The van der Waals surface area contributed by atoms with Crippen molar-refractivity contribution in [2.24, 2.45) is 12.8 Å². The number of carbonyl (C=O) groups excluding carboxylic acids is 1. The summed E-state index contributed by atoms with van der Waals surface area (Å²) in [6.07, 6.45) is 0. The number of carbonyl (C=O) groups is 1. The Bertz CT molecular complexity index is 567. The molecule has 18 heavy (non-hydrogen) atoms. The van der Waals surface area contributed by atoms with E-state index in [0.29, 0.717) is 10.2 Å². The van der Waals surface area contributed by atoms with Crippen molar-refractivity contribution in [3.05, 3.63) is 29.3 Å². The molecule has 2 N–H and O–H groups in total. The number of hydrogen-bond donors (Lipinski definition) is 1. The summed E-state index contributed by atoms with van der Waals surface area (Å²) in [5.41, 5.74) is 6.01. The Balaban J connectivity index is 2.25. The molecule has 0 radical (unpaired) electrons. The largest absolute Gasteiger partial charge is 0.369 e. The van der Waals surface area contributed by atoms with Crippen LogP contribution in [-0.2, 0) is 11.8 Å². The van der Waals surface area contributed by atoms with Crippen molar-refractivity contribution in [1.29, 1.82) is 0 Å². The smallest absolute Gasteiger partial charge is 0.227 e. The van der Waals surface area contributed by atoms with Crippen LogP contribution < -0.4 is 5.73 Å². The monoisotopic (exact) mass is 282 g/mol. The zero-order valence-corrected chi connectivity index (χ0v) is 11.2. The number of thioether (sulfide) groups is 1. The Morgan fingerprint density at radius 1 is 1.39 bits per heavy atom. The van der Waals surface area contributed by atoms with Gasteiger partial charge in [-0.05, 0) is 24.3 Å². The van der Waals surface area contributed by atoms with E-state index in [1.807, 2.05) is 23.7 Å². The van der Waals surface area contributed by atoms with Gasteiger partial charge in [0.05, 0.1) is 5.75 Å². The van der Waals surface area contributed by atoms with E-state index in [-0.39, 0.29) is 11.7 Å². The summed E-state index contributed by atoms with van der Waals surface area (Å²) in [4.78, 5) is 10.7. The summed E-state index contributed by atoms with van der Waals surface area (Å²) in [5, 5.41) is 9.43. The normalized spacial score (nSPS) is 10.6. The molecule has 94 valence electrons. The predicted molar refractivity (Wildman–Crippen MR) is 71.4 cm³/mol. The molecule has 0 saturated heterocycles. The first-order chi connectivity index (χ1) is 8.58. The summed E-state index contributed by atoms with van der Waals surface area (Å²) in [6, 6.07) is 7.33. The summed E-state index contributed by atoms with van der Waals surface area (Å²) >= 11 is 7.09. The fourth-order valence-corrected chi connectivity index (χ4v) is 2.20. The lowest BCUT2D eigenvalue weighted by molar-refractivity contribution is -0.115. The average molecular weight is 283 g/mol. The number of benzene rings is 1. The number of halogens is 1. The average Bonchev–Trinajstić information content (AvgIpc) is 2.69. The van der Waals surface area contributed by atoms with Gasteiger partial charge in [0.1, 0.15) is 0 Å². The number of nitrogens with two attached hydrogens (primary N) is 1. The molecule has 0 saturated carbocycles. The number of aromatic nitrogens is 3. The summed E-state index contributed by atoms with van der Waals surface area (Å²) < 4.78 is 1.82. The van der Waals surface area contributed by atoms with Crippen LogP contribution >= 0.6 is 23.4 Å². The maximum absolute atomic E-state index is 10.7. The standard InChI is InChI=1S/C11H11ClN4OS/c1-16-10(7-2-4-8(12)5-3-7)14-15-11(16)18-6-9(13)17/h2-5H,6H2,1H3,(H2,13,17). The molecule has 0 aliphatic rings. The van der Waals surface area contributed by atoms with E-state index in [1.165, 1.54) is 11.8 Å². The lowest BCUT2D eigenvalue weighted by Gasteiger charge is -2.03. The number of amides is 1. The lowest BCUT2D eigenvalue weighted by Crippen LogP contribution is -2.13. The van der Waals surface area contributed by atoms with E-state index in [4.69, 9.17) is 17.3 Å². The first kappa shape index (κ1) is 12.9. The van der Waals surface area contributed by atoms with Crippen molar-refractivity contribution in [3.8, 4) is 11.4 Å². The van der Waals surface area contributed by atoms with Gasteiger partial charge in [-0.3, -0.25) is 4.79 Å². The van der Waals surface area contributed by atoms with Gasteiger partial charge in [-0.1, -0.05) is 23.4 Å². The third kappa shape index (κ3) is 2.83. The molecule has 0 aliphatic carbocycles. The van der Waals surface area contributed by atoms with E-state index < -0.39 is 0 Å². The topological polar surface area (TPSA) is 73.8 Å². The molecule has 0 aliphatic heterocycles. The Morgan fingerprint density at radius 3 is 2.67 bits per heavy atom. The Hall–Kier alpha value is -1.53. The molecule has 1 aromatic heterocycles. The van der Waals surface area contributed by atoms with Gasteiger partial charge in [0, 0.05) is 17.6 Å². The van der Waals surface area contributed by atoms with Crippen LogP contribution in [-0.4, -0.2) is 26.4 Å². The molecule has 2 rings (SSSR count). The van der Waals surface area contributed by atoms with Crippen LogP contribution in [0, 0.1) is 0 Å². The summed E-state index contributed by atoms with van der Waals surface area (Å²) in [5.74, 6) is 0.529. The number of nitrogens with zero attached hydrogens (tertiary/aromatic N) is 3. The highest BCUT2D eigenvalue weighted by molar-refractivity contribution is 7.99. The molecule has 0 atom stereocenters. The van der Waals surface area contributed by atoms with Crippen molar-refractivity contribution >= 4 is 29.3 Å². The zero-order chi connectivity index (χ0) is 13.1. The first-order valence-electron chi connectivity index (χ1n) is 5.14. The van der Waals surface area contributed by atoms with Gasteiger partial charge >= 0.3 is 0 Å². The maximum Gasteiger partial charge on any atom is 0.227 e. The lowest BCUT2D eigenvalue weighted by atomic mass is 10.2. The molecular weight excluding hydrogens is 272 g/mol. The van der Waals surface area contributed by atoms with Crippen LogP contribution in [0.2, 0.25) is 5.02 Å². The molecule has 0 unspecified atom stereocenters. The minimum Gasteiger partial charge on any atom is -0.369 e. The van der Waals surface area contributed by atoms with Gasteiger partial charge in [0.25, 0.3) is 0 Å². The predicted octanol–water partition coefficient (Wildman–Crippen LogP) is 1.71. The van der Waals surface area contributed by atoms with E-state index >= 15 is 0 Å². The van der Waals surface area contributed by atoms with E-state index in [9.17, 15) is 4.79 Å². The van der Waals surface area contributed by atoms with E-state index in [1.54, 1.807) is 12.1 Å². The van der Waals surface area contributed by atoms with Gasteiger partial charge in [-0.15, -0.1) is 10.2 Å². The van der Waals surface area contributed by atoms with Crippen molar-refractivity contribution in [2.75, 3.05) is 5.75 Å². The van der Waals surface area contributed by atoms with Crippen molar-refractivity contribution in [3.63, 3.8) is 0 Å². The van der Waals surface area contributed by atoms with Gasteiger partial charge in [0.2, 0.25) is 5.91 Å². The van der Waals surface area contributed by atoms with E-state index in [2.05, 4.69) is 10.2 Å². The van der Waals surface area contributed by atoms with Crippen LogP contribution in [0.1, 0.15) is 0 Å². The fourth-order valence-electron chi connectivity index (χ4n) is 1.43. The highest BCUT2D eigenvalue weighted by Crippen LogP contribution is 2.23. The van der Waals surface area contributed by atoms with Crippen LogP contribution in [0.3, 0.4) is 0 Å². The zero-order valence-electron chi connectivity index (χ0n) is 9.63. The van der Waals surface area contributed by atoms with Gasteiger partial charge in [-0.25, -0.2) is 0 Å². The third-order valence-corrected chi connectivity index (χ3v) is 3.58. The number of rotatable bonds is 4. The van der Waals surface area contributed by atoms with Crippen LogP contribution in [0.25, 0.3) is 11.4 Å². The molecule has 2 aromatic rings. The van der Waals surface area contributed by atoms with Gasteiger partial charge in [-0.2, -0.15) is 0 Å². The molecule has 5 nitrogen and oxygen atoms in total. The van der Waals surface area contributed by atoms with Gasteiger partial charge < -0.3 is 10.3 Å². The van der Waals surface area contributed by atoms with Crippen LogP contribution in [0.15, 0.2) is 29.4 Å². The highest BCUT2D eigenvalue weighted by atomic mass is 35.5. The van der Waals surface area contributed by atoms with Crippen molar-refractivity contribution in [2.45, 2.75) is 5.16 Å². The number of primary amides is 1. The van der Waals surface area contributed by atoms with Crippen molar-refractivity contribution < 1.29 is 4.79 Å². The molecule has 0 fully saturated rings. The molecular formula is C11H11ClN4OS. The highest BCUT2D eigenvalue weighted by Gasteiger charge is 2.11. The van der Waals surface area contributed by atoms with Crippen LogP contribution in [0.4, 0.5) is 0 Å². The summed E-state index contributed by atoms with van der Waals surface area (Å²) in [7, 11) is 1.84. The Labute approximate surface area is 113 Å². The van der Waals surface area contributed by atoms with Crippen LogP contribution in [0.5, 0.6) is 0 Å². The second-order valence-corrected chi connectivity index (χ2v) is 5.01. The number of hydrogen-bond acceptors (Lipinski definition) is 4. The van der Waals surface area contributed by atoms with E-state index in [0.717, 1.165) is 11.4 Å². The molecule has 0 spiro atoms. The molecule has 0 bridgehead atoms. The molecule has 7 heteroatoms. The fraction of sp³-hybridized carbons (Fsp3) is 0.182. The third-order valence-electron chi connectivity index (χ3n) is 2.28. The Kier molecular flexibility index (Phi) is 3.88. The minimum atomic E-state index is -0.379. The van der Waals surface area contributed by atoms with Crippen molar-refractivity contribution in [1.82, 2.24) is 14.8 Å². The minimum absolute atomic E-state index is 0.187. The van der Waals surface area contributed by atoms with Gasteiger partial charge in [0.15, 0.2) is 11.0 Å². The SMILES string of the molecule is Cn1c(SCC(N)=O)nnc1-c1ccc(Cl)cc1. The molecule has 1 amide bonds. The molecule has 1 heterocycles.